The number of hydrogen-bond donors (Lipinski definition) is 1. The lowest BCUT2D eigenvalue weighted by atomic mass is 10.0. The van der Waals surface area contributed by atoms with E-state index < -0.39 is 0 Å². The Morgan fingerprint density at radius 3 is 2.93 bits per heavy atom. The molecule has 0 aromatic carbocycles. The van der Waals surface area contributed by atoms with E-state index in [9.17, 15) is 0 Å². The molecular formula is C11H24N2O2. The third-order valence-electron chi connectivity index (χ3n) is 3.11. The Kier molecular flexibility index (Phi) is 4.99. The van der Waals surface area contributed by atoms with Gasteiger partial charge < -0.3 is 15.2 Å². The lowest BCUT2D eigenvalue weighted by Crippen LogP contribution is -2.56. The summed E-state index contributed by atoms with van der Waals surface area (Å²) in [7, 11) is 1.73. The summed E-state index contributed by atoms with van der Waals surface area (Å²) < 4.78 is 10.9. The van der Waals surface area contributed by atoms with Crippen LogP contribution in [-0.2, 0) is 9.47 Å². The van der Waals surface area contributed by atoms with Crippen LogP contribution in [0.4, 0.5) is 0 Å². The van der Waals surface area contributed by atoms with Gasteiger partial charge in [-0.3, -0.25) is 4.90 Å². The Balaban J connectivity index is 2.64. The van der Waals surface area contributed by atoms with Crippen molar-refractivity contribution < 1.29 is 9.47 Å². The zero-order valence-electron chi connectivity index (χ0n) is 10.2. The van der Waals surface area contributed by atoms with Crippen LogP contribution < -0.4 is 5.73 Å². The summed E-state index contributed by atoms with van der Waals surface area (Å²) in [6, 6.07) is 0. The summed E-state index contributed by atoms with van der Waals surface area (Å²) in [6.07, 6.45) is 1.36. The van der Waals surface area contributed by atoms with Gasteiger partial charge in [-0.05, 0) is 20.3 Å². The molecule has 0 saturated carbocycles. The summed E-state index contributed by atoms with van der Waals surface area (Å²) in [5, 5.41) is 0. The topological polar surface area (TPSA) is 47.7 Å². The van der Waals surface area contributed by atoms with E-state index in [4.69, 9.17) is 15.2 Å². The minimum absolute atomic E-state index is 0.0588. The molecule has 1 fully saturated rings. The highest BCUT2D eigenvalue weighted by molar-refractivity contribution is 4.89. The molecule has 4 heteroatoms. The maximum atomic E-state index is 5.86. The van der Waals surface area contributed by atoms with Gasteiger partial charge in [-0.2, -0.15) is 0 Å². The Morgan fingerprint density at radius 1 is 1.60 bits per heavy atom. The van der Waals surface area contributed by atoms with Crippen LogP contribution in [0.15, 0.2) is 0 Å². The van der Waals surface area contributed by atoms with Gasteiger partial charge in [0.15, 0.2) is 0 Å². The number of hydrogen-bond acceptors (Lipinski definition) is 4. The molecule has 15 heavy (non-hydrogen) atoms. The molecule has 0 aromatic heterocycles. The van der Waals surface area contributed by atoms with Gasteiger partial charge in [0.1, 0.15) is 0 Å². The first kappa shape index (κ1) is 12.9. The maximum Gasteiger partial charge on any atom is 0.0674 e. The molecule has 1 aliphatic rings. The molecule has 1 heterocycles. The molecule has 0 spiro atoms. The molecule has 2 N–H and O–H groups in total. The van der Waals surface area contributed by atoms with Crippen molar-refractivity contribution in [2.75, 3.05) is 40.0 Å². The monoisotopic (exact) mass is 216 g/mol. The van der Waals surface area contributed by atoms with Crippen LogP contribution in [0.5, 0.6) is 0 Å². The van der Waals surface area contributed by atoms with E-state index in [0.29, 0.717) is 13.2 Å². The fourth-order valence-electron chi connectivity index (χ4n) is 2.07. The molecule has 0 bridgehead atoms. The highest BCUT2D eigenvalue weighted by atomic mass is 16.5. The highest BCUT2D eigenvalue weighted by Crippen LogP contribution is 2.18. The van der Waals surface area contributed by atoms with Crippen LogP contribution in [0.1, 0.15) is 20.3 Å². The van der Waals surface area contributed by atoms with Gasteiger partial charge >= 0.3 is 0 Å². The molecule has 2 atom stereocenters. The number of rotatable bonds is 4. The molecule has 1 rings (SSSR count). The largest absolute Gasteiger partial charge is 0.383 e. The molecule has 1 saturated heterocycles. The lowest BCUT2D eigenvalue weighted by Gasteiger charge is -2.40. The second-order valence-electron chi connectivity index (χ2n) is 4.62. The zero-order valence-corrected chi connectivity index (χ0v) is 10.2. The molecule has 1 aliphatic heterocycles. The van der Waals surface area contributed by atoms with Crippen molar-refractivity contribution in [3.05, 3.63) is 0 Å². The first-order valence-corrected chi connectivity index (χ1v) is 5.68. The molecule has 0 aliphatic carbocycles. The van der Waals surface area contributed by atoms with Crippen molar-refractivity contribution in [2.24, 2.45) is 5.73 Å². The highest BCUT2D eigenvalue weighted by Gasteiger charge is 2.32. The van der Waals surface area contributed by atoms with Crippen LogP contribution in [0.25, 0.3) is 0 Å². The second kappa shape index (κ2) is 5.80. The Labute approximate surface area is 92.7 Å². The van der Waals surface area contributed by atoms with E-state index in [2.05, 4.69) is 18.7 Å². The quantitative estimate of drug-likeness (QED) is 0.742. The summed E-state index contributed by atoms with van der Waals surface area (Å²) in [4.78, 5) is 2.40. The standard InChI is InChI=1S/C11H24N2O2/c1-10-7-13(5-4-6-15-10)11(2,8-12)9-14-3/h10H,4-9,12H2,1-3H3. The van der Waals surface area contributed by atoms with Gasteiger partial charge in [0.2, 0.25) is 0 Å². The van der Waals surface area contributed by atoms with Crippen LogP contribution in [0.3, 0.4) is 0 Å². The fraction of sp³-hybridized carbons (Fsp3) is 1.00. The summed E-state index contributed by atoms with van der Waals surface area (Å²) in [5.41, 5.74) is 5.80. The Bertz CT molecular complexity index is 189. The number of nitrogens with two attached hydrogens (primary N) is 1. The Hall–Kier alpha value is -0.160. The van der Waals surface area contributed by atoms with Crippen LogP contribution >= 0.6 is 0 Å². The summed E-state index contributed by atoms with van der Waals surface area (Å²) >= 11 is 0. The van der Waals surface area contributed by atoms with E-state index in [0.717, 1.165) is 26.1 Å². The van der Waals surface area contributed by atoms with Gasteiger partial charge in [-0.1, -0.05) is 0 Å². The molecule has 90 valence electrons. The third kappa shape index (κ3) is 3.41. The van der Waals surface area contributed by atoms with Gasteiger partial charge in [0, 0.05) is 33.4 Å². The van der Waals surface area contributed by atoms with E-state index in [1.165, 1.54) is 0 Å². The van der Waals surface area contributed by atoms with Crippen molar-refractivity contribution in [3.63, 3.8) is 0 Å². The summed E-state index contributed by atoms with van der Waals surface area (Å²) in [6.45, 7) is 8.41. The summed E-state index contributed by atoms with van der Waals surface area (Å²) in [5.74, 6) is 0. The SMILES string of the molecule is COCC(C)(CN)N1CCCOC(C)C1. The average molecular weight is 216 g/mol. The minimum Gasteiger partial charge on any atom is -0.383 e. The number of nitrogens with zero attached hydrogens (tertiary/aromatic N) is 1. The zero-order chi connectivity index (χ0) is 11.3. The number of ether oxygens (including phenoxy) is 2. The van der Waals surface area contributed by atoms with E-state index in [1.807, 2.05) is 0 Å². The van der Waals surface area contributed by atoms with E-state index in [-0.39, 0.29) is 11.6 Å². The van der Waals surface area contributed by atoms with Crippen LogP contribution in [-0.4, -0.2) is 56.5 Å². The third-order valence-corrected chi connectivity index (χ3v) is 3.11. The van der Waals surface area contributed by atoms with Gasteiger partial charge in [0.25, 0.3) is 0 Å². The van der Waals surface area contributed by atoms with Crippen LogP contribution in [0, 0.1) is 0 Å². The van der Waals surface area contributed by atoms with Crippen LogP contribution in [0.2, 0.25) is 0 Å². The fourth-order valence-corrected chi connectivity index (χ4v) is 2.07. The molecule has 2 unspecified atom stereocenters. The maximum absolute atomic E-state index is 5.86. The molecule has 0 amide bonds. The molecule has 0 aromatic rings. The average Bonchev–Trinajstić information content (AvgIpc) is 2.43. The van der Waals surface area contributed by atoms with Gasteiger partial charge in [0.05, 0.1) is 18.2 Å². The van der Waals surface area contributed by atoms with Crippen molar-refractivity contribution in [1.29, 1.82) is 0 Å². The van der Waals surface area contributed by atoms with E-state index in [1.54, 1.807) is 7.11 Å². The predicted octanol–water partition coefficient (Wildman–Crippen LogP) is 0.461. The van der Waals surface area contributed by atoms with Crippen molar-refractivity contribution in [1.82, 2.24) is 4.90 Å². The molecule has 0 radical (unpaired) electrons. The lowest BCUT2D eigenvalue weighted by molar-refractivity contribution is 0.00660. The van der Waals surface area contributed by atoms with Gasteiger partial charge in [-0.25, -0.2) is 0 Å². The van der Waals surface area contributed by atoms with Crippen molar-refractivity contribution >= 4 is 0 Å². The number of methoxy groups -OCH3 is 1. The molecular weight excluding hydrogens is 192 g/mol. The Morgan fingerprint density at radius 2 is 2.33 bits per heavy atom. The smallest absolute Gasteiger partial charge is 0.0674 e. The normalized spacial score (nSPS) is 28.4. The van der Waals surface area contributed by atoms with Gasteiger partial charge in [-0.15, -0.1) is 0 Å². The van der Waals surface area contributed by atoms with Crippen molar-refractivity contribution in [3.8, 4) is 0 Å². The second-order valence-corrected chi connectivity index (χ2v) is 4.62. The van der Waals surface area contributed by atoms with E-state index >= 15 is 0 Å². The molecule has 4 nitrogen and oxygen atoms in total. The van der Waals surface area contributed by atoms with Crippen molar-refractivity contribution in [2.45, 2.75) is 31.9 Å². The minimum atomic E-state index is -0.0588. The first-order chi connectivity index (χ1) is 7.12. The predicted molar refractivity (Wildman–Crippen MR) is 60.9 cm³/mol. The first-order valence-electron chi connectivity index (χ1n) is 5.68.